The average molecular weight is 217 g/mol. The van der Waals surface area contributed by atoms with Crippen molar-refractivity contribution in [2.45, 2.75) is 31.2 Å². The molecule has 0 bridgehead atoms. The van der Waals surface area contributed by atoms with Gasteiger partial charge >= 0.3 is 0 Å². The molecule has 3 rings (SSSR count). The summed E-state index contributed by atoms with van der Waals surface area (Å²) >= 11 is 0. The van der Waals surface area contributed by atoms with E-state index in [0.29, 0.717) is 18.4 Å². The fourth-order valence-corrected chi connectivity index (χ4v) is 3.58. The average Bonchev–Trinajstić information content (AvgIpc) is 2.61. The summed E-state index contributed by atoms with van der Waals surface area (Å²) in [6.07, 6.45) is 4.28. The van der Waals surface area contributed by atoms with Gasteiger partial charge in [-0.05, 0) is 48.6 Å². The number of nitrogens with two attached hydrogens (primary N) is 1. The van der Waals surface area contributed by atoms with Crippen molar-refractivity contribution < 1.29 is 5.11 Å². The minimum absolute atomic E-state index is 0.109. The Hall–Kier alpha value is -0.860. The summed E-state index contributed by atoms with van der Waals surface area (Å²) in [4.78, 5) is 0. The molecule has 1 aromatic carbocycles. The summed E-state index contributed by atoms with van der Waals surface area (Å²) in [6, 6.07) is 8.59. The molecule has 0 heterocycles. The molecule has 1 saturated carbocycles. The van der Waals surface area contributed by atoms with E-state index >= 15 is 0 Å². The minimum atomic E-state index is -0.109. The molecule has 86 valence electrons. The number of hydrogen-bond acceptors (Lipinski definition) is 2. The first-order chi connectivity index (χ1) is 7.74. The topological polar surface area (TPSA) is 46.2 Å². The third kappa shape index (κ3) is 1.33. The van der Waals surface area contributed by atoms with Crippen molar-refractivity contribution in [3.63, 3.8) is 0 Å². The molecule has 1 aromatic rings. The molecule has 1 fully saturated rings. The number of aliphatic hydroxyl groups excluding tert-OH is 1. The molecule has 0 aliphatic heterocycles. The highest BCUT2D eigenvalue weighted by atomic mass is 16.3. The summed E-state index contributed by atoms with van der Waals surface area (Å²) in [5.74, 6) is 1.01. The Bertz CT molecular complexity index is 403. The Morgan fingerprint density at radius 2 is 2.19 bits per heavy atom. The van der Waals surface area contributed by atoms with Crippen LogP contribution in [0.25, 0.3) is 0 Å². The van der Waals surface area contributed by atoms with Crippen molar-refractivity contribution in [2.24, 2.45) is 17.6 Å². The van der Waals surface area contributed by atoms with Gasteiger partial charge < -0.3 is 10.8 Å². The summed E-state index contributed by atoms with van der Waals surface area (Å²) in [6.45, 7) is 0.322. The van der Waals surface area contributed by atoms with Crippen molar-refractivity contribution in [1.29, 1.82) is 0 Å². The zero-order valence-corrected chi connectivity index (χ0v) is 9.52. The van der Waals surface area contributed by atoms with E-state index in [-0.39, 0.29) is 5.54 Å². The van der Waals surface area contributed by atoms with Gasteiger partial charge in [0.1, 0.15) is 0 Å². The maximum atomic E-state index is 9.27. The van der Waals surface area contributed by atoms with E-state index in [2.05, 4.69) is 24.3 Å². The smallest absolute Gasteiger partial charge is 0.0459 e. The van der Waals surface area contributed by atoms with Crippen molar-refractivity contribution in [3.05, 3.63) is 35.4 Å². The van der Waals surface area contributed by atoms with Crippen LogP contribution in [0.3, 0.4) is 0 Å². The van der Waals surface area contributed by atoms with Gasteiger partial charge in [-0.25, -0.2) is 0 Å². The van der Waals surface area contributed by atoms with Crippen LogP contribution in [0.5, 0.6) is 0 Å². The van der Waals surface area contributed by atoms with E-state index in [1.54, 1.807) is 0 Å². The molecular weight excluding hydrogens is 198 g/mol. The highest BCUT2D eigenvalue weighted by molar-refractivity contribution is 5.40. The summed E-state index contributed by atoms with van der Waals surface area (Å²) in [7, 11) is 0. The minimum Gasteiger partial charge on any atom is -0.396 e. The highest BCUT2D eigenvalue weighted by Gasteiger charge is 2.46. The number of aliphatic hydroxyl groups is 1. The fraction of sp³-hybridized carbons (Fsp3) is 0.571. The largest absolute Gasteiger partial charge is 0.396 e. The molecular formula is C14H19NO. The molecule has 16 heavy (non-hydrogen) atoms. The zero-order valence-electron chi connectivity index (χ0n) is 9.52. The Balaban J connectivity index is 1.96. The summed E-state index contributed by atoms with van der Waals surface area (Å²) in [5, 5.41) is 9.27. The second-order valence-corrected chi connectivity index (χ2v) is 5.42. The molecule has 2 aliphatic rings. The summed E-state index contributed by atoms with van der Waals surface area (Å²) < 4.78 is 0. The predicted octanol–water partition coefficient (Wildman–Crippen LogP) is 1.81. The van der Waals surface area contributed by atoms with Gasteiger partial charge in [-0.1, -0.05) is 24.3 Å². The molecule has 0 spiro atoms. The van der Waals surface area contributed by atoms with Crippen LogP contribution in [-0.2, 0) is 12.0 Å². The lowest BCUT2D eigenvalue weighted by atomic mass is 9.70. The molecule has 2 heteroatoms. The highest BCUT2D eigenvalue weighted by Crippen LogP contribution is 2.49. The molecule has 0 aromatic heterocycles. The standard InChI is InChI=1S/C14H19NO/c15-14-6-5-10(9-16)7-12(14)8-11-3-1-2-4-13(11)14/h1-4,10,12,16H,5-9,15H2. The Labute approximate surface area is 96.5 Å². The van der Waals surface area contributed by atoms with Crippen LogP contribution >= 0.6 is 0 Å². The molecule has 0 saturated heterocycles. The first kappa shape index (κ1) is 10.3. The van der Waals surface area contributed by atoms with E-state index in [1.165, 1.54) is 11.1 Å². The van der Waals surface area contributed by atoms with Crippen LogP contribution in [0.1, 0.15) is 30.4 Å². The first-order valence-corrected chi connectivity index (χ1v) is 6.22. The number of benzene rings is 1. The van der Waals surface area contributed by atoms with Gasteiger partial charge in [0, 0.05) is 12.1 Å². The monoisotopic (exact) mass is 217 g/mol. The fourth-order valence-electron chi connectivity index (χ4n) is 3.58. The van der Waals surface area contributed by atoms with Gasteiger partial charge in [-0.15, -0.1) is 0 Å². The molecule has 3 N–H and O–H groups in total. The van der Waals surface area contributed by atoms with Gasteiger partial charge in [0.15, 0.2) is 0 Å². The SMILES string of the molecule is NC12CCC(CO)CC1Cc1ccccc12. The lowest BCUT2D eigenvalue weighted by Gasteiger charge is -2.40. The lowest BCUT2D eigenvalue weighted by molar-refractivity contribution is 0.109. The molecule has 3 atom stereocenters. The third-order valence-electron chi connectivity index (χ3n) is 4.56. The van der Waals surface area contributed by atoms with E-state index < -0.39 is 0 Å². The zero-order chi connectivity index (χ0) is 11.2. The van der Waals surface area contributed by atoms with Gasteiger partial charge in [0.05, 0.1) is 0 Å². The van der Waals surface area contributed by atoms with Gasteiger partial charge in [0.25, 0.3) is 0 Å². The predicted molar refractivity (Wildman–Crippen MR) is 63.9 cm³/mol. The molecule has 0 amide bonds. The summed E-state index contributed by atoms with van der Waals surface area (Å²) in [5.41, 5.74) is 9.28. The van der Waals surface area contributed by atoms with Gasteiger partial charge in [-0.2, -0.15) is 0 Å². The van der Waals surface area contributed by atoms with E-state index in [4.69, 9.17) is 5.73 Å². The van der Waals surface area contributed by atoms with E-state index in [1.807, 2.05) is 0 Å². The molecule has 2 nitrogen and oxygen atoms in total. The normalized spacial score (nSPS) is 36.9. The number of hydrogen-bond donors (Lipinski definition) is 2. The van der Waals surface area contributed by atoms with Crippen molar-refractivity contribution >= 4 is 0 Å². The molecule has 0 radical (unpaired) electrons. The van der Waals surface area contributed by atoms with Crippen LogP contribution in [-0.4, -0.2) is 11.7 Å². The third-order valence-corrected chi connectivity index (χ3v) is 4.56. The Morgan fingerprint density at radius 1 is 1.38 bits per heavy atom. The van der Waals surface area contributed by atoms with Crippen LogP contribution in [0.15, 0.2) is 24.3 Å². The van der Waals surface area contributed by atoms with E-state index in [0.717, 1.165) is 25.7 Å². The van der Waals surface area contributed by atoms with Crippen molar-refractivity contribution in [1.82, 2.24) is 0 Å². The Morgan fingerprint density at radius 3 is 3.00 bits per heavy atom. The molecule has 3 unspecified atom stereocenters. The quantitative estimate of drug-likeness (QED) is 0.753. The second-order valence-electron chi connectivity index (χ2n) is 5.42. The van der Waals surface area contributed by atoms with Crippen LogP contribution in [0.2, 0.25) is 0 Å². The van der Waals surface area contributed by atoms with Crippen LogP contribution in [0.4, 0.5) is 0 Å². The maximum Gasteiger partial charge on any atom is 0.0459 e. The lowest BCUT2D eigenvalue weighted by Crippen LogP contribution is -2.45. The first-order valence-electron chi connectivity index (χ1n) is 6.22. The van der Waals surface area contributed by atoms with Crippen LogP contribution in [0, 0.1) is 11.8 Å². The number of rotatable bonds is 1. The van der Waals surface area contributed by atoms with Crippen molar-refractivity contribution in [2.75, 3.05) is 6.61 Å². The number of fused-ring (bicyclic) bond motifs is 3. The maximum absolute atomic E-state index is 9.27. The van der Waals surface area contributed by atoms with Gasteiger partial charge in [0.2, 0.25) is 0 Å². The second kappa shape index (κ2) is 3.57. The Kier molecular flexibility index (Phi) is 2.30. The van der Waals surface area contributed by atoms with E-state index in [9.17, 15) is 5.11 Å². The van der Waals surface area contributed by atoms with Crippen LogP contribution < -0.4 is 5.73 Å². The van der Waals surface area contributed by atoms with Crippen molar-refractivity contribution in [3.8, 4) is 0 Å². The van der Waals surface area contributed by atoms with Gasteiger partial charge in [-0.3, -0.25) is 0 Å². The molecule has 2 aliphatic carbocycles.